The molecule has 2 heterocycles. The molecule has 13 heavy (non-hydrogen) atoms. The Labute approximate surface area is 80.2 Å². The molecule has 2 heteroatoms. The van der Waals surface area contributed by atoms with Crippen molar-refractivity contribution in [3.05, 3.63) is 35.8 Å². The van der Waals surface area contributed by atoms with Gasteiger partial charge >= 0.3 is 0 Å². The Kier molecular flexibility index (Phi) is 1.30. The summed E-state index contributed by atoms with van der Waals surface area (Å²) in [5, 5.41) is 4.82. The zero-order chi connectivity index (χ0) is 8.84. The Balaban J connectivity index is 2.59. The van der Waals surface area contributed by atoms with E-state index < -0.39 is 0 Å². The molecule has 0 saturated carbocycles. The van der Waals surface area contributed by atoms with Crippen LogP contribution in [0.3, 0.4) is 0 Å². The molecule has 0 aliphatic carbocycles. The van der Waals surface area contributed by atoms with Crippen LogP contribution >= 0.6 is 11.3 Å². The normalized spacial score (nSPS) is 11.5. The maximum atomic E-state index is 2.26. The molecule has 0 radical (unpaired) electrons. The highest BCUT2D eigenvalue weighted by Crippen LogP contribution is 2.26. The fraction of sp³-hybridized carbons (Fsp3) is 0.0909. The molecule has 0 spiro atoms. The van der Waals surface area contributed by atoms with Crippen molar-refractivity contribution in [3.8, 4) is 0 Å². The topological polar surface area (TPSA) is 4.93 Å². The maximum absolute atomic E-state index is 2.26. The number of nitrogens with zero attached hydrogens (tertiary/aromatic N) is 1. The highest BCUT2D eigenvalue weighted by molar-refractivity contribution is 7.17. The largest absolute Gasteiger partial charge is 0.351 e. The van der Waals surface area contributed by atoms with Gasteiger partial charge in [0.2, 0.25) is 0 Å². The minimum absolute atomic E-state index is 1.31. The second-order valence-corrected chi connectivity index (χ2v) is 4.24. The van der Waals surface area contributed by atoms with Gasteiger partial charge in [-0.2, -0.15) is 0 Å². The molecule has 0 amide bonds. The van der Waals surface area contributed by atoms with Gasteiger partial charge in [-0.05, 0) is 35.0 Å². The number of rotatable bonds is 0. The van der Waals surface area contributed by atoms with E-state index in [1.165, 1.54) is 21.0 Å². The summed E-state index contributed by atoms with van der Waals surface area (Å²) in [6.07, 6.45) is 2.11. The summed E-state index contributed by atoms with van der Waals surface area (Å²) in [5.74, 6) is 0. The quantitative estimate of drug-likeness (QED) is 0.508. The van der Waals surface area contributed by atoms with Crippen LogP contribution in [-0.2, 0) is 7.05 Å². The Bertz CT molecular complexity index is 574. The average molecular weight is 187 g/mol. The first kappa shape index (κ1) is 7.15. The van der Waals surface area contributed by atoms with Crippen molar-refractivity contribution >= 4 is 32.3 Å². The number of benzene rings is 1. The van der Waals surface area contributed by atoms with Gasteiger partial charge in [-0.15, -0.1) is 11.3 Å². The van der Waals surface area contributed by atoms with Crippen LogP contribution in [0.5, 0.6) is 0 Å². The fourth-order valence-electron chi connectivity index (χ4n) is 1.72. The highest BCUT2D eigenvalue weighted by atomic mass is 32.1. The minimum Gasteiger partial charge on any atom is -0.351 e. The van der Waals surface area contributed by atoms with E-state index in [1.54, 1.807) is 11.3 Å². The summed E-state index contributed by atoms with van der Waals surface area (Å²) in [6, 6.07) is 8.84. The van der Waals surface area contributed by atoms with Crippen molar-refractivity contribution < 1.29 is 0 Å². The van der Waals surface area contributed by atoms with Crippen molar-refractivity contribution in [1.29, 1.82) is 0 Å². The Morgan fingerprint density at radius 2 is 2.08 bits per heavy atom. The van der Waals surface area contributed by atoms with E-state index in [-0.39, 0.29) is 0 Å². The lowest BCUT2D eigenvalue weighted by Gasteiger charge is -1.95. The Morgan fingerprint density at radius 3 is 3.00 bits per heavy atom. The molecule has 2 aromatic heterocycles. The third-order valence-electron chi connectivity index (χ3n) is 2.46. The van der Waals surface area contributed by atoms with Crippen LogP contribution in [0.4, 0.5) is 0 Å². The molecule has 0 bridgehead atoms. The molecule has 0 aliphatic rings. The van der Waals surface area contributed by atoms with E-state index in [9.17, 15) is 0 Å². The van der Waals surface area contributed by atoms with Gasteiger partial charge in [0.25, 0.3) is 0 Å². The molecule has 1 nitrogen and oxygen atoms in total. The summed E-state index contributed by atoms with van der Waals surface area (Å²) in [5.41, 5.74) is 1.31. The number of fused-ring (bicyclic) bond motifs is 2. The molecule has 0 saturated heterocycles. The summed E-state index contributed by atoms with van der Waals surface area (Å²) in [4.78, 5) is 0. The van der Waals surface area contributed by atoms with Gasteiger partial charge < -0.3 is 4.57 Å². The van der Waals surface area contributed by atoms with Crippen molar-refractivity contribution in [3.63, 3.8) is 0 Å². The molecule has 0 N–H and O–H groups in total. The van der Waals surface area contributed by atoms with Crippen molar-refractivity contribution in [1.82, 2.24) is 4.57 Å². The number of aryl methyl sites for hydroxylation is 1. The van der Waals surface area contributed by atoms with E-state index in [2.05, 4.69) is 47.5 Å². The third kappa shape index (κ3) is 0.923. The molecule has 1 aromatic carbocycles. The van der Waals surface area contributed by atoms with Crippen molar-refractivity contribution in [2.45, 2.75) is 0 Å². The number of hydrogen-bond donors (Lipinski definition) is 0. The van der Waals surface area contributed by atoms with Gasteiger partial charge in [0.05, 0.1) is 0 Å². The lowest BCUT2D eigenvalue weighted by Crippen LogP contribution is -1.82. The van der Waals surface area contributed by atoms with Crippen LogP contribution in [0.15, 0.2) is 35.8 Å². The fourth-order valence-corrected chi connectivity index (χ4v) is 2.54. The van der Waals surface area contributed by atoms with Crippen molar-refractivity contribution in [2.75, 3.05) is 0 Å². The predicted molar refractivity (Wildman–Crippen MR) is 58.3 cm³/mol. The van der Waals surface area contributed by atoms with Gasteiger partial charge in [-0.3, -0.25) is 0 Å². The molecule has 3 rings (SSSR count). The molecular weight excluding hydrogens is 178 g/mol. The van der Waals surface area contributed by atoms with Crippen LogP contribution in [0.25, 0.3) is 21.0 Å². The van der Waals surface area contributed by atoms with Crippen LogP contribution < -0.4 is 0 Å². The Hall–Kier alpha value is -1.28. The lowest BCUT2D eigenvalue weighted by atomic mass is 10.2. The zero-order valence-electron chi connectivity index (χ0n) is 7.32. The second kappa shape index (κ2) is 2.36. The van der Waals surface area contributed by atoms with Gasteiger partial charge in [0.1, 0.15) is 0 Å². The minimum atomic E-state index is 1.31. The number of thiophene rings is 1. The predicted octanol–water partition coefficient (Wildman–Crippen LogP) is 3.39. The van der Waals surface area contributed by atoms with Crippen LogP contribution in [0.2, 0.25) is 0 Å². The molecular formula is C11H9NS. The van der Waals surface area contributed by atoms with E-state index in [1.807, 2.05) is 0 Å². The second-order valence-electron chi connectivity index (χ2n) is 3.30. The van der Waals surface area contributed by atoms with Crippen molar-refractivity contribution in [2.24, 2.45) is 7.05 Å². The van der Waals surface area contributed by atoms with E-state index in [4.69, 9.17) is 0 Å². The molecule has 0 aliphatic heterocycles. The summed E-state index contributed by atoms with van der Waals surface area (Å²) in [7, 11) is 2.08. The van der Waals surface area contributed by atoms with Crippen LogP contribution in [0, 0.1) is 0 Å². The molecule has 0 atom stereocenters. The standard InChI is InChI=1S/C11H9NS/c1-12-4-2-8-7-11-9(3-5-13-11)6-10(8)12/h2-7H,1H3. The summed E-state index contributed by atoms with van der Waals surface area (Å²) in [6.45, 7) is 0. The van der Waals surface area contributed by atoms with Crippen LogP contribution in [-0.4, -0.2) is 4.57 Å². The summed E-state index contributed by atoms with van der Waals surface area (Å²) >= 11 is 1.80. The monoisotopic (exact) mass is 187 g/mol. The first-order valence-electron chi connectivity index (χ1n) is 4.27. The third-order valence-corrected chi connectivity index (χ3v) is 3.34. The summed E-state index contributed by atoms with van der Waals surface area (Å²) < 4.78 is 3.53. The maximum Gasteiger partial charge on any atom is 0.0484 e. The van der Waals surface area contributed by atoms with Crippen LogP contribution in [0.1, 0.15) is 0 Å². The van der Waals surface area contributed by atoms with Gasteiger partial charge in [0.15, 0.2) is 0 Å². The van der Waals surface area contributed by atoms with E-state index in [0.29, 0.717) is 0 Å². The smallest absolute Gasteiger partial charge is 0.0484 e. The van der Waals surface area contributed by atoms with E-state index >= 15 is 0 Å². The zero-order valence-corrected chi connectivity index (χ0v) is 8.14. The van der Waals surface area contributed by atoms with Gasteiger partial charge in [0, 0.05) is 28.8 Å². The Morgan fingerprint density at radius 1 is 1.15 bits per heavy atom. The van der Waals surface area contributed by atoms with Gasteiger partial charge in [-0.1, -0.05) is 0 Å². The SMILES string of the molecule is Cn1ccc2cc3sccc3cc21. The molecule has 3 aromatic rings. The first-order valence-corrected chi connectivity index (χ1v) is 5.15. The van der Waals surface area contributed by atoms with E-state index in [0.717, 1.165) is 0 Å². The highest BCUT2D eigenvalue weighted by Gasteiger charge is 2.00. The molecule has 0 fully saturated rings. The average Bonchev–Trinajstić information content (AvgIpc) is 2.70. The number of hydrogen-bond acceptors (Lipinski definition) is 1. The van der Waals surface area contributed by atoms with Gasteiger partial charge in [-0.25, -0.2) is 0 Å². The number of aromatic nitrogens is 1. The molecule has 64 valence electrons. The first-order chi connectivity index (χ1) is 6.34. The molecule has 0 unspecified atom stereocenters. The lowest BCUT2D eigenvalue weighted by molar-refractivity contribution is 0.970.